The van der Waals surface area contributed by atoms with Gasteiger partial charge in [0.05, 0.1) is 12.2 Å². The Hall–Kier alpha value is -3.66. The molecule has 0 radical (unpaired) electrons. The zero-order valence-corrected chi connectivity index (χ0v) is 30.7. The van der Waals surface area contributed by atoms with Gasteiger partial charge in [0, 0.05) is 92.4 Å². The van der Waals surface area contributed by atoms with E-state index in [1.807, 2.05) is 25.1 Å². The minimum atomic E-state index is -0.846. The molecule has 2 atom stereocenters. The number of carboxylic acids is 1. The lowest BCUT2D eigenvalue weighted by Gasteiger charge is -2.33. The quantitative estimate of drug-likeness (QED) is 0.226. The summed E-state index contributed by atoms with van der Waals surface area (Å²) in [6.07, 6.45) is 11.6. The highest BCUT2D eigenvalue weighted by Crippen LogP contribution is 2.41. The second-order valence-electron chi connectivity index (χ2n) is 15.3. The summed E-state index contributed by atoms with van der Waals surface area (Å²) in [6.45, 7) is 6.53. The number of aromatic carboxylic acids is 1. The van der Waals surface area contributed by atoms with Crippen molar-refractivity contribution in [1.29, 1.82) is 0 Å². The third kappa shape index (κ3) is 7.09. The van der Waals surface area contributed by atoms with E-state index in [4.69, 9.17) is 9.47 Å². The van der Waals surface area contributed by atoms with Crippen LogP contribution in [0.15, 0.2) is 36.4 Å². The molecule has 2 aromatic heterocycles. The van der Waals surface area contributed by atoms with Crippen LogP contribution in [-0.4, -0.2) is 82.2 Å². The predicted molar refractivity (Wildman–Crippen MR) is 200 cm³/mol. The van der Waals surface area contributed by atoms with Crippen molar-refractivity contribution in [1.82, 2.24) is 14.0 Å². The fraction of sp³-hybridized carbons (Fsp3) is 0.571. The number of carbonyl (C=O) groups excluding carboxylic acids is 1. The number of aryl methyl sites for hydroxylation is 2. The van der Waals surface area contributed by atoms with Gasteiger partial charge in [-0.05, 0) is 142 Å². The van der Waals surface area contributed by atoms with Crippen LogP contribution in [0.2, 0.25) is 0 Å². The van der Waals surface area contributed by atoms with Crippen LogP contribution in [0.3, 0.4) is 0 Å². The molecule has 4 aliphatic rings. The van der Waals surface area contributed by atoms with E-state index < -0.39 is 5.97 Å². The Labute approximate surface area is 301 Å². The number of fused-ring (bicyclic) bond motifs is 6. The highest BCUT2D eigenvalue weighted by Gasteiger charge is 2.32. The van der Waals surface area contributed by atoms with E-state index in [0.29, 0.717) is 24.6 Å². The maximum Gasteiger partial charge on any atom is 0.335 e. The molecule has 0 spiro atoms. The molecule has 9 heteroatoms. The van der Waals surface area contributed by atoms with Gasteiger partial charge >= 0.3 is 5.97 Å². The van der Waals surface area contributed by atoms with Crippen molar-refractivity contribution in [3.63, 3.8) is 0 Å². The molecule has 4 heterocycles. The Balaban J connectivity index is 0.000000162. The number of hydrogen-bond acceptors (Lipinski definition) is 5. The summed E-state index contributed by atoms with van der Waals surface area (Å²) in [5.41, 5.74) is 9.15. The lowest BCUT2D eigenvalue weighted by molar-refractivity contribution is 0.0438. The van der Waals surface area contributed by atoms with Gasteiger partial charge in [-0.2, -0.15) is 0 Å². The van der Waals surface area contributed by atoms with Crippen molar-refractivity contribution >= 4 is 33.7 Å². The Kier molecular flexibility index (Phi) is 10.9. The van der Waals surface area contributed by atoms with E-state index in [1.54, 1.807) is 11.0 Å². The molecule has 1 amide bonds. The zero-order chi connectivity index (χ0) is 35.6. The molecule has 9 nitrogen and oxygen atoms in total. The van der Waals surface area contributed by atoms with E-state index >= 15 is 0 Å². The van der Waals surface area contributed by atoms with Crippen LogP contribution < -0.4 is 0 Å². The van der Waals surface area contributed by atoms with Crippen molar-refractivity contribution in [3.8, 4) is 0 Å². The van der Waals surface area contributed by atoms with Gasteiger partial charge in [-0.1, -0.05) is 0 Å². The maximum absolute atomic E-state index is 12.9. The lowest BCUT2D eigenvalue weighted by Crippen LogP contribution is -2.33. The molecule has 274 valence electrons. The van der Waals surface area contributed by atoms with Gasteiger partial charge < -0.3 is 33.7 Å². The summed E-state index contributed by atoms with van der Waals surface area (Å²) < 4.78 is 15.7. The van der Waals surface area contributed by atoms with Crippen LogP contribution in [0, 0.1) is 23.7 Å². The molecular formula is C42H55N3O6. The van der Waals surface area contributed by atoms with Crippen LogP contribution >= 0.6 is 0 Å². The van der Waals surface area contributed by atoms with Crippen LogP contribution in [0.5, 0.6) is 0 Å². The third-order valence-corrected chi connectivity index (χ3v) is 12.7. The van der Waals surface area contributed by atoms with Gasteiger partial charge in [-0.3, -0.25) is 4.79 Å². The van der Waals surface area contributed by atoms with E-state index in [1.165, 1.54) is 71.9 Å². The molecule has 2 aliphatic carbocycles. The van der Waals surface area contributed by atoms with Gasteiger partial charge in [0.2, 0.25) is 0 Å². The van der Waals surface area contributed by atoms with E-state index in [9.17, 15) is 19.8 Å². The number of carboxylic acid groups (broad SMARTS) is 1. The predicted octanol–water partition coefficient (Wildman–Crippen LogP) is 6.57. The number of aromatic nitrogens is 2. The van der Waals surface area contributed by atoms with Gasteiger partial charge in [-0.25, -0.2) is 4.79 Å². The smallest absolute Gasteiger partial charge is 0.335 e. The van der Waals surface area contributed by atoms with E-state index in [0.717, 1.165) is 86.3 Å². The van der Waals surface area contributed by atoms with Crippen molar-refractivity contribution in [2.75, 3.05) is 46.1 Å². The number of aliphatic hydroxyl groups is 1. The van der Waals surface area contributed by atoms with Gasteiger partial charge in [0.15, 0.2) is 0 Å². The maximum atomic E-state index is 12.9. The summed E-state index contributed by atoms with van der Waals surface area (Å²) in [7, 11) is 4.26. The average molecular weight is 698 g/mol. The fourth-order valence-electron chi connectivity index (χ4n) is 9.76. The molecular weight excluding hydrogens is 642 g/mol. The number of nitrogens with zero attached hydrogens (tertiary/aromatic N) is 3. The molecule has 51 heavy (non-hydrogen) atoms. The standard InChI is InChI=1S/C23H32N2O3.C19H23NO3/c1-3-25(10-11-26)23(27)18-5-7-22-20(15-18)19-14-17(4-6-21(19)24(22)2)16-8-12-28-13-9-16;1-20-17-4-2-13(12-6-8-23-9-7-12)10-15(17)16-11-14(19(21)22)3-5-18(16)20/h5,7,15-17,26H,3-4,6,8-14H2,1-2H3;3,5,11-13H,2,4,6-10H2,1H3,(H,21,22). The summed E-state index contributed by atoms with van der Waals surface area (Å²) in [5, 5.41) is 20.9. The second kappa shape index (κ2) is 15.5. The first-order valence-corrected chi connectivity index (χ1v) is 19.3. The number of carbonyl (C=O) groups is 2. The number of benzene rings is 2. The lowest BCUT2D eigenvalue weighted by atomic mass is 9.75. The number of rotatable bonds is 7. The molecule has 8 rings (SSSR count). The van der Waals surface area contributed by atoms with Crippen LogP contribution in [-0.2, 0) is 49.3 Å². The van der Waals surface area contributed by atoms with Crippen molar-refractivity contribution in [2.45, 2.75) is 71.1 Å². The summed E-state index contributed by atoms with van der Waals surface area (Å²) in [4.78, 5) is 25.9. The summed E-state index contributed by atoms with van der Waals surface area (Å²) in [5.74, 6) is 2.12. The molecule has 4 aromatic rings. The Morgan fingerprint density at radius 1 is 0.725 bits per heavy atom. The summed E-state index contributed by atoms with van der Waals surface area (Å²) >= 11 is 0. The number of likely N-dealkylation sites (N-methyl/N-ethyl adjacent to an activating group) is 1. The number of hydrogen-bond donors (Lipinski definition) is 2. The molecule has 2 unspecified atom stereocenters. The Morgan fingerprint density at radius 3 is 1.65 bits per heavy atom. The second-order valence-corrected chi connectivity index (χ2v) is 15.3. The van der Waals surface area contributed by atoms with Crippen molar-refractivity contribution in [3.05, 3.63) is 70.0 Å². The molecule has 2 saturated heterocycles. The first-order chi connectivity index (χ1) is 24.8. The monoisotopic (exact) mass is 697 g/mol. The average Bonchev–Trinajstić information content (AvgIpc) is 3.62. The highest BCUT2D eigenvalue weighted by molar-refractivity contribution is 5.99. The molecule has 2 N–H and O–H groups in total. The SMILES string of the molecule is CCN(CCO)C(=O)c1ccc2c(c1)c1c(n2C)CCC(C2CCOCC2)C1.Cn1c2c(c3cc(C(=O)O)ccc31)CC(C1CCOCC1)CC2. The van der Waals surface area contributed by atoms with Crippen molar-refractivity contribution in [2.24, 2.45) is 37.8 Å². The highest BCUT2D eigenvalue weighted by atomic mass is 16.5. The van der Waals surface area contributed by atoms with Gasteiger partial charge in [0.1, 0.15) is 0 Å². The summed E-state index contributed by atoms with van der Waals surface area (Å²) in [6, 6.07) is 11.7. The van der Waals surface area contributed by atoms with Gasteiger partial charge in [0.25, 0.3) is 5.91 Å². The number of ether oxygens (including phenoxy) is 2. The number of amides is 1. The molecule has 2 aromatic carbocycles. The Bertz CT molecular complexity index is 1880. The third-order valence-electron chi connectivity index (χ3n) is 12.7. The van der Waals surface area contributed by atoms with E-state index in [2.05, 4.69) is 35.4 Å². The van der Waals surface area contributed by atoms with E-state index in [-0.39, 0.29) is 12.5 Å². The molecule has 2 aliphatic heterocycles. The molecule has 0 bridgehead atoms. The first-order valence-electron chi connectivity index (χ1n) is 19.3. The van der Waals surface area contributed by atoms with Crippen LogP contribution in [0.25, 0.3) is 21.8 Å². The largest absolute Gasteiger partial charge is 0.478 e. The fourth-order valence-corrected chi connectivity index (χ4v) is 9.76. The van der Waals surface area contributed by atoms with Crippen LogP contribution in [0.1, 0.15) is 88.7 Å². The minimum absolute atomic E-state index is 0.00462. The number of aliphatic hydroxyl groups excluding tert-OH is 1. The first kappa shape index (κ1) is 35.7. The Morgan fingerprint density at radius 2 is 1.20 bits per heavy atom. The molecule has 0 saturated carbocycles. The van der Waals surface area contributed by atoms with Crippen LogP contribution in [0.4, 0.5) is 0 Å². The normalized spacial score (nSPS) is 21.2. The topological polar surface area (TPSA) is 106 Å². The van der Waals surface area contributed by atoms with Crippen molar-refractivity contribution < 1.29 is 29.3 Å². The zero-order valence-electron chi connectivity index (χ0n) is 30.7. The van der Waals surface area contributed by atoms with Gasteiger partial charge in [-0.15, -0.1) is 0 Å². The molecule has 2 fully saturated rings. The minimum Gasteiger partial charge on any atom is -0.478 e.